The molecule has 0 radical (unpaired) electrons. The lowest BCUT2D eigenvalue weighted by molar-refractivity contribution is -0.120. The first-order valence-corrected chi connectivity index (χ1v) is 9.59. The topological polar surface area (TPSA) is 32.3 Å². The molecule has 2 rings (SSSR count). The third kappa shape index (κ3) is 5.40. The maximum atomic E-state index is 12.6. The zero-order chi connectivity index (χ0) is 19.1. The van der Waals surface area contributed by atoms with Gasteiger partial charge in [0.05, 0.1) is 5.92 Å². The molecule has 0 aliphatic carbocycles. The molecule has 2 aromatic carbocycles. The Morgan fingerprint density at radius 2 is 1.65 bits per heavy atom. The van der Waals surface area contributed by atoms with Gasteiger partial charge in [-0.05, 0) is 61.7 Å². The number of amides is 1. The number of carbonyl (C=O) groups is 1. The Balaban J connectivity index is 2.02. The van der Waals surface area contributed by atoms with Crippen LogP contribution in [0.3, 0.4) is 0 Å². The molecule has 1 amide bonds. The Morgan fingerprint density at radius 1 is 1.04 bits per heavy atom. The normalized spacial score (nSPS) is 11.9. The fourth-order valence-corrected chi connectivity index (χ4v) is 3.23. The van der Waals surface area contributed by atoms with E-state index in [4.69, 9.17) is 12.2 Å². The molecule has 1 atom stereocenters. The number of thiocarbonyl (C=S) groups is 1. The smallest absolute Gasteiger partial charge is 0.233 e. The van der Waals surface area contributed by atoms with Gasteiger partial charge in [-0.3, -0.25) is 4.79 Å². The molecule has 2 aromatic rings. The summed E-state index contributed by atoms with van der Waals surface area (Å²) >= 11 is 5.46. The average molecular weight is 369 g/mol. The molecule has 0 bridgehead atoms. The Kier molecular flexibility index (Phi) is 7.34. The van der Waals surface area contributed by atoms with E-state index in [9.17, 15) is 4.79 Å². The average Bonchev–Trinajstić information content (AvgIpc) is 2.62. The van der Waals surface area contributed by atoms with Gasteiger partial charge in [0.25, 0.3) is 0 Å². The Morgan fingerprint density at radius 3 is 2.19 bits per heavy atom. The van der Waals surface area contributed by atoms with Crippen molar-refractivity contribution in [2.45, 2.75) is 40.0 Å². The van der Waals surface area contributed by atoms with Gasteiger partial charge in [-0.15, -0.1) is 0 Å². The lowest BCUT2D eigenvalue weighted by Crippen LogP contribution is -2.44. The van der Waals surface area contributed by atoms with Crippen LogP contribution >= 0.6 is 12.2 Å². The van der Waals surface area contributed by atoms with Gasteiger partial charge in [0, 0.05) is 12.2 Å². The predicted octanol–water partition coefficient (Wildman–Crippen LogP) is 4.92. The van der Waals surface area contributed by atoms with Crippen LogP contribution in [0, 0.1) is 5.92 Å². The Labute approximate surface area is 162 Å². The molecule has 0 spiro atoms. The van der Waals surface area contributed by atoms with Crippen LogP contribution in [0.2, 0.25) is 0 Å². The summed E-state index contributed by atoms with van der Waals surface area (Å²) in [4.78, 5) is 14.6. The van der Waals surface area contributed by atoms with Gasteiger partial charge in [0.15, 0.2) is 5.11 Å². The quantitative estimate of drug-likeness (QED) is 0.735. The largest absolute Gasteiger partial charge is 0.319 e. The fraction of sp³-hybridized carbons (Fsp3) is 0.364. The molecule has 0 heterocycles. The first-order chi connectivity index (χ1) is 12.4. The van der Waals surface area contributed by atoms with Crippen LogP contribution < -0.4 is 10.2 Å². The highest BCUT2D eigenvalue weighted by molar-refractivity contribution is 7.80. The van der Waals surface area contributed by atoms with Gasteiger partial charge >= 0.3 is 0 Å². The number of para-hydroxylation sites is 1. The van der Waals surface area contributed by atoms with Gasteiger partial charge < -0.3 is 10.2 Å². The monoisotopic (exact) mass is 368 g/mol. The van der Waals surface area contributed by atoms with Crippen LogP contribution in [-0.2, 0) is 11.2 Å². The van der Waals surface area contributed by atoms with E-state index in [-0.39, 0.29) is 11.8 Å². The van der Waals surface area contributed by atoms with Gasteiger partial charge in [0.2, 0.25) is 5.91 Å². The summed E-state index contributed by atoms with van der Waals surface area (Å²) in [5, 5.41) is 3.33. The molecule has 0 aromatic heterocycles. The molecule has 0 aliphatic rings. The Bertz CT molecular complexity index is 726. The molecule has 3 nitrogen and oxygen atoms in total. The van der Waals surface area contributed by atoms with Crippen LogP contribution in [0.15, 0.2) is 54.6 Å². The van der Waals surface area contributed by atoms with Crippen LogP contribution in [0.1, 0.15) is 44.7 Å². The van der Waals surface area contributed by atoms with Crippen molar-refractivity contribution >= 4 is 28.9 Å². The number of anilines is 1. The minimum absolute atomic E-state index is 0.0824. The van der Waals surface area contributed by atoms with Crippen molar-refractivity contribution < 1.29 is 4.79 Å². The van der Waals surface area contributed by atoms with Crippen molar-refractivity contribution in [3.8, 4) is 0 Å². The number of nitrogens with zero attached hydrogens (tertiary/aromatic N) is 1. The van der Waals surface area contributed by atoms with E-state index < -0.39 is 0 Å². The van der Waals surface area contributed by atoms with E-state index in [1.54, 1.807) is 0 Å². The summed E-state index contributed by atoms with van der Waals surface area (Å²) in [7, 11) is 0. The van der Waals surface area contributed by atoms with Gasteiger partial charge in [0.1, 0.15) is 0 Å². The molecule has 1 unspecified atom stereocenters. The first kappa shape index (κ1) is 20.1. The molecule has 138 valence electrons. The van der Waals surface area contributed by atoms with Gasteiger partial charge in [-0.2, -0.15) is 0 Å². The summed E-state index contributed by atoms with van der Waals surface area (Å²) < 4.78 is 0. The zero-order valence-corrected chi connectivity index (χ0v) is 16.8. The minimum atomic E-state index is -0.254. The maximum Gasteiger partial charge on any atom is 0.233 e. The van der Waals surface area contributed by atoms with E-state index in [1.165, 1.54) is 5.56 Å². The van der Waals surface area contributed by atoms with Crippen molar-refractivity contribution in [2.75, 3.05) is 11.4 Å². The predicted molar refractivity (Wildman–Crippen MR) is 114 cm³/mol. The number of benzene rings is 2. The second-order valence-electron chi connectivity index (χ2n) is 6.94. The van der Waals surface area contributed by atoms with E-state index in [2.05, 4.69) is 31.3 Å². The second kappa shape index (κ2) is 9.48. The molecule has 0 saturated carbocycles. The fourth-order valence-electron chi connectivity index (χ4n) is 2.90. The van der Waals surface area contributed by atoms with Crippen LogP contribution in [-0.4, -0.2) is 17.6 Å². The molecular weight excluding hydrogens is 340 g/mol. The minimum Gasteiger partial charge on any atom is -0.319 e. The summed E-state index contributed by atoms with van der Waals surface area (Å²) in [5.74, 6) is 0.286. The third-order valence-electron chi connectivity index (χ3n) is 4.38. The van der Waals surface area contributed by atoms with E-state index >= 15 is 0 Å². The molecule has 0 fully saturated rings. The molecular formula is C22H28N2OS. The highest BCUT2D eigenvalue weighted by Gasteiger charge is 2.19. The number of hydrogen-bond donors (Lipinski definition) is 1. The summed E-state index contributed by atoms with van der Waals surface area (Å²) in [6, 6.07) is 18.2. The Hall–Kier alpha value is -2.20. The highest BCUT2D eigenvalue weighted by atomic mass is 32.1. The van der Waals surface area contributed by atoms with Crippen LogP contribution in [0.5, 0.6) is 0 Å². The molecule has 4 heteroatoms. The zero-order valence-electron chi connectivity index (χ0n) is 16.0. The van der Waals surface area contributed by atoms with Gasteiger partial charge in [-0.25, -0.2) is 0 Å². The van der Waals surface area contributed by atoms with Crippen molar-refractivity contribution in [1.82, 2.24) is 5.32 Å². The molecule has 0 aliphatic heterocycles. The SMILES string of the molecule is CCN(C(=S)NC(=O)C(C)c1ccc(CC(C)C)cc1)c1ccccc1. The number of carbonyl (C=O) groups excluding carboxylic acids is 1. The van der Waals surface area contributed by atoms with Crippen LogP contribution in [0.25, 0.3) is 0 Å². The lowest BCUT2D eigenvalue weighted by atomic mass is 9.96. The molecule has 26 heavy (non-hydrogen) atoms. The third-order valence-corrected chi connectivity index (χ3v) is 4.70. The number of rotatable bonds is 6. The van der Waals surface area contributed by atoms with Crippen molar-refractivity contribution in [3.05, 3.63) is 65.7 Å². The van der Waals surface area contributed by atoms with E-state index in [0.29, 0.717) is 17.6 Å². The van der Waals surface area contributed by atoms with Gasteiger partial charge in [-0.1, -0.05) is 56.3 Å². The highest BCUT2D eigenvalue weighted by Crippen LogP contribution is 2.19. The molecule has 0 saturated heterocycles. The number of nitrogens with one attached hydrogen (secondary N) is 1. The standard InChI is InChI=1S/C22H28N2OS/c1-5-24(20-9-7-6-8-10-20)22(26)23-21(25)17(4)19-13-11-18(12-14-19)15-16(2)3/h6-14,16-17H,5,15H2,1-4H3,(H,23,25,26). The van der Waals surface area contributed by atoms with E-state index in [1.807, 2.05) is 61.2 Å². The lowest BCUT2D eigenvalue weighted by Gasteiger charge is -2.25. The maximum absolute atomic E-state index is 12.6. The number of hydrogen-bond acceptors (Lipinski definition) is 2. The first-order valence-electron chi connectivity index (χ1n) is 9.18. The van der Waals surface area contributed by atoms with Crippen molar-refractivity contribution in [2.24, 2.45) is 5.92 Å². The van der Waals surface area contributed by atoms with Crippen LogP contribution in [0.4, 0.5) is 5.69 Å². The van der Waals surface area contributed by atoms with Crippen molar-refractivity contribution in [1.29, 1.82) is 0 Å². The second-order valence-corrected chi connectivity index (χ2v) is 7.32. The summed E-state index contributed by atoms with van der Waals surface area (Å²) in [6.07, 6.45) is 1.05. The van der Waals surface area contributed by atoms with Crippen molar-refractivity contribution in [3.63, 3.8) is 0 Å². The summed E-state index contributed by atoms with van der Waals surface area (Å²) in [6.45, 7) is 9.03. The molecule has 1 N–H and O–H groups in total. The summed E-state index contributed by atoms with van der Waals surface area (Å²) in [5.41, 5.74) is 3.28. The van der Waals surface area contributed by atoms with E-state index in [0.717, 1.165) is 17.7 Å².